The molecule has 0 fully saturated rings. The number of aryl methyl sites for hydroxylation is 1. The third-order valence-electron chi connectivity index (χ3n) is 3.00. The predicted octanol–water partition coefficient (Wildman–Crippen LogP) is 1.56. The molecule has 1 aromatic rings. The van der Waals surface area contributed by atoms with Crippen LogP contribution in [0.25, 0.3) is 0 Å². The van der Waals surface area contributed by atoms with Crippen LogP contribution in [0.2, 0.25) is 0 Å². The molecule has 1 atom stereocenters. The van der Waals surface area contributed by atoms with Crippen LogP contribution >= 0.6 is 11.3 Å². The standard InChI is InChI=1S/C11H17N3OS/c1-3-6-14(2)8-5-4-7-10(9(8)15)16-11(12)13-7/h8H,3-6H2,1-2H3,(H2,12,13). The Morgan fingerprint density at radius 2 is 2.38 bits per heavy atom. The monoisotopic (exact) mass is 239 g/mol. The fourth-order valence-electron chi connectivity index (χ4n) is 2.22. The van der Waals surface area contributed by atoms with Gasteiger partial charge in [0.1, 0.15) is 0 Å². The molecule has 1 aliphatic rings. The van der Waals surface area contributed by atoms with Gasteiger partial charge in [-0.2, -0.15) is 0 Å². The number of thiazole rings is 1. The summed E-state index contributed by atoms with van der Waals surface area (Å²) in [5.74, 6) is 0.200. The van der Waals surface area contributed by atoms with Crippen LogP contribution in [0.15, 0.2) is 0 Å². The minimum absolute atomic E-state index is 0.0206. The van der Waals surface area contributed by atoms with Crippen LogP contribution in [0, 0.1) is 0 Å². The SMILES string of the molecule is CCCN(C)C1CCc2nc(N)sc2C1=O. The number of rotatable bonds is 3. The van der Waals surface area contributed by atoms with Gasteiger partial charge in [-0.25, -0.2) is 4.98 Å². The van der Waals surface area contributed by atoms with Gasteiger partial charge < -0.3 is 5.73 Å². The van der Waals surface area contributed by atoms with E-state index in [0.717, 1.165) is 36.4 Å². The summed E-state index contributed by atoms with van der Waals surface area (Å²) < 4.78 is 0. The number of carbonyl (C=O) groups excluding carboxylic acids is 1. The van der Waals surface area contributed by atoms with Gasteiger partial charge in [-0.3, -0.25) is 9.69 Å². The largest absolute Gasteiger partial charge is 0.375 e. The summed E-state index contributed by atoms with van der Waals surface area (Å²) in [7, 11) is 2.02. The van der Waals surface area contributed by atoms with Crippen molar-refractivity contribution in [1.82, 2.24) is 9.88 Å². The quantitative estimate of drug-likeness (QED) is 0.869. The van der Waals surface area contributed by atoms with Crippen LogP contribution in [0.4, 0.5) is 5.13 Å². The normalized spacial score (nSPS) is 20.2. The summed E-state index contributed by atoms with van der Waals surface area (Å²) in [5.41, 5.74) is 6.54. The van der Waals surface area contributed by atoms with Gasteiger partial charge in [0.25, 0.3) is 0 Å². The number of nitrogens with two attached hydrogens (primary N) is 1. The number of nitrogen functional groups attached to an aromatic ring is 1. The van der Waals surface area contributed by atoms with Crippen LogP contribution in [0.3, 0.4) is 0 Å². The first-order valence-corrected chi connectivity index (χ1v) is 6.44. The first kappa shape index (κ1) is 11.5. The Kier molecular flexibility index (Phi) is 3.25. The molecule has 0 radical (unpaired) electrons. The van der Waals surface area contributed by atoms with Gasteiger partial charge in [-0.15, -0.1) is 0 Å². The van der Waals surface area contributed by atoms with E-state index in [-0.39, 0.29) is 11.8 Å². The Labute approximate surface area is 99.5 Å². The first-order chi connectivity index (χ1) is 7.63. The molecule has 0 aliphatic heterocycles. The van der Waals surface area contributed by atoms with Gasteiger partial charge in [-0.1, -0.05) is 18.3 Å². The second-order valence-corrected chi connectivity index (χ2v) is 5.26. The third-order valence-corrected chi connectivity index (χ3v) is 3.94. The van der Waals surface area contributed by atoms with E-state index in [2.05, 4.69) is 16.8 Å². The maximum Gasteiger partial charge on any atom is 0.191 e. The lowest BCUT2D eigenvalue weighted by molar-refractivity contribution is 0.0830. The summed E-state index contributed by atoms with van der Waals surface area (Å²) >= 11 is 1.33. The molecule has 2 N–H and O–H groups in total. The van der Waals surface area contributed by atoms with Crippen molar-refractivity contribution in [2.75, 3.05) is 19.3 Å². The molecular weight excluding hydrogens is 222 g/mol. The van der Waals surface area contributed by atoms with Crippen LogP contribution in [-0.4, -0.2) is 35.3 Å². The predicted molar refractivity (Wildman–Crippen MR) is 65.9 cm³/mol. The Hall–Kier alpha value is -0.940. The van der Waals surface area contributed by atoms with Gasteiger partial charge in [0.15, 0.2) is 10.9 Å². The topological polar surface area (TPSA) is 59.2 Å². The van der Waals surface area contributed by atoms with Gasteiger partial charge >= 0.3 is 0 Å². The van der Waals surface area contributed by atoms with Crippen molar-refractivity contribution < 1.29 is 4.79 Å². The number of carbonyl (C=O) groups is 1. The molecule has 0 aromatic carbocycles. The molecule has 16 heavy (non-hydrogen) atoms. The molecule has 0 saturated carbocycles. The molecule has 88 valence electrons. The zero-order valence-electron chi connectivity index (χ0n) is 9.69. The summed E-state index contributed by atoms with van der Waals surface area (Å²) in [6, 6.07) is 0.0206. The van der Waals surface area contributed by atoms with Crippen LogP contribution in [0.1, 0.15) is 35.1 Å². The van der Waals surface area contributed by atoms with Gasteiger partial charge in [-0.05, 0) is 32.9 Å². The fourth-order valence-corrected chi connectivity index (χ4v) is 3.08. The van der Waals surface area contributed by atoms with Crippen molar-refractivity contribution in [3.05, 3.63) is 10.6 Å². The Balaban J connectivity index is 2.20. The van der Waals surface area contributed by atoms with Gasteiger partial charge in [0, 0.05) is 0 Å². The molecule has 0 bridgehead atoms. The minimum atomic E-state index is 0.0206. The number of aromatic nitrogens is 1. The fraction of sp³-hybridized carbons (Fsp3) is 0.636. The number of hydrogen-bond acceptors (Lipinski definition) is 5. The van der Waals surface area contributed by atoms with E-state index in [0.29, 0.717) is 5.13 Å². The third kappa shape index (κ3) is 1.97. The van der Waals surface area contributed by atoms with Crippen molar-refractivity contribution in [2.45, 2.75) is 32.2 Å². The van der Waals surface area contributed by atoms with Crippen molar-refractivity contribution in [2.24, 2.45) is 0 Å². The summed E-state index contributed by atoms with van der Waals surface area (Å²) in [5, 5.41) is 0.511. The smallest absolute Gasteiger partial charge is 0.191 e. The molecule has 1 heterocycles. The zero-order valence-corrected chi connectivity index (χ0v) is 10.5. The number of Topliss-reactive ketones (excluding diaryl/α,β-unsaturated/α-hetero) is 1. The second kappa shape index (κ2) is 4.51. The zero-order chi connectivity index (χ0) is 11.7. The van der Waals surface area contributed by atoms with E-state index >= 15 is 0 Å². The van der Waals surface area contributed by atoms with E-state index in [1.165, 1.54) is 11.3 Å². The lowest BCUT2D eigenvalue weighted by Crippen LogP contribution is -2.41. The number of anilines is 1. The van der Waals surface area contributed by atoms with Crippen molar-refractivity contribution in [1.29, 1.82) is 0 Å². The summed E-state index contributed by atoms with van der Waals surface area (Å²) in [6.07, 6.45) is 2.80. The average molecular weight is 239 g/mol. The maximum atomic E-state index is 12.2. The molecule has 4 nitrogen and oxygen atoms in total. The summed E-state index contributed by atoms with van der Waals surface area (Å²) in [4.78, 5) is 19.3. The van der Waals surface area contributed by atoms with E-state index in [1.807, 2.05) is 7.05 Å². The van der Waals surface area contributed by atoms with Crippen molar-refractivity contribution >= 4 is 22.3 Å². The lowest BCUT2D eigenvalue weighted by Gasteiger charge is -2.28. The highest BCUT2D eigenvalue weighted by molar-refractivity contribution is 7.17. The second-order valence-electron chi connectivity index (χ2n) is 4.23. The van der Waals surface area contributed by atoms with E-state index in [9.17, 15) is 4.79 Å². The van der Waals surface area contributed by atoms with Gasteiger partial charge in [0.05, 0.1) is 16.6 Å². The van der Waals surface area contributed by atoms with E-state index < -0.39 is 0 Å². The van der Waals surface area contributed by atoms with Crippen LogP contribution < -0.4 is 5.73 Å². The number of fused-ring (bicyclic) bond motifs is 1. The molecule has 0 amide bonds. The van der Waals surface area contributed by atoms with E-state index in [4.69, 9.17) is 5.73 Å². The first-order valence-electron chi connectivity index (χ1n) is 5.63. The molecule has 5 heteroatoms. The highest BCUT2D eigenvalue weighted by Gasteiger charge is 2.32. The molecule has 2 rings (SSSR count). The highest BCUT2D eigenvalue weighted by Crippen LogP contribution is 2.29. The molecule has 0 saturated heterocycles. The van der Waals surface area contributed by atoms with Gasteiger partial charge in [0.2, 0.25) is 0 Å². The number of nitrogens with zero attached hydrogens (tertiary/aromatic N) is 2. The van der Waals surface area contributed by atoms with Crippen molar-refractivity contribution in [3.8, 4) is 0 Å². The minimum Gasteiger partial charge on any atom is -0.375 e. The molecule has 1 unspecified atom stereocenters. The van der Waals surface area contributed by atoms with E-state index in [1.54, 1.807) is 0 Å². The number of hydrogen-bond donors (Lipinski definition) is 1. The maximum absolute atomic E-state index is 12.2. The Bertz CT molecular complexity index is 402. The Morgan fingerprint density at radius 3 is 3.06 bits per heavy atom. The molecule has 0 spiro atoms. The van der Waals surface area contributed by atoms with Crippen LogP contribution in [-0.2, 0) is 6.42 Å². The molecule has 1 aromatic heterocycles. The number of ketones is 1. The van der Waals surface area contributed by atoms with Crippen molar-refractivity contribution in [3.63, 3.8) is 0 Å². The lowest BCUT2D eigenvalue weighted by atomic mass is 9.95. The Morgan fingerprint density at radius 1 is 1.62 bits per heavy atom. The van der Waals surface area contributed by atoms with Crippen LogP contribution in [0.5, 0.6) is 0 Å². The molecular formula is C11H17N3OS. The molecule has 1 aliphatic carbocycles. The summed E-state index contributed by atoms with van der Waals surface area (Å²) in [6.45, 7) is 3.08. The average Bonchev–Trinajstić information content (AvgIpc) is 2.60. The number of likely N-dealkylation sites (N-methyl/N-ethyl adjacent to an activating group) is 1. The highest BCUT2D eigenvalue weighted by atomic mass is 32.1.